The summed E-state index contributed by atoms with van der Waals surface area (Å²) < 4.78 is 5.45. The third-order valence-corrected chi connectivity index (χ3v) is 5.92. The minimum Gasteiger partial charge on any atom is -0.508 e. The predicted octanol–water partition coefficient (Wildman–Crippen LogP) is 1.37. The Kier molecular flexibility index (Phi) is 7.17. The van der Waals surface area contributed by atoms with Gasteiger partial charge in [0.2, 0.25) is 5.78 Å². The van der Waals surface area contributed by atoms with Crippen LogP contribution < -0.4 is 10.6 Å². The number of hydrogen-bond acceptors (Lipinski definition) is 10. The van der Waals surface area contributed by atoms with Crippen LogP contribution in [0.2, 0.25) is 0 Å². The van der Waals surface area contributed by atoms with Gasteiger partial charge in [-0.1, -0.05) is 6.07 Å². The zero-order valence-electron chi connectivity index (χ0n) is 19.5. The molecule has 0 radical (unpaired) electrons. The van der Waals surface area contributed by atoms with Crippen LogP contribution in [-0.2, 0) is 4.74 Å². The normalized spacial score (nSPS) is 16.5. The predicted molar refractivity (Wildman–Crippen MR) is 130 cm³/mol. The Labute approximate surface area is 214 Å². The van der Waals surface area contributed by atoms with Gasteiger partial charge in [-0.25, -0.2) is 9.59 Å². The summed E-state index contributed by atoms with van der Waals surface area (Å²) >= 11 is 0. The fraction of sp³-hybridized carbons (Fsp3) is 0.154. The topological polar surface area (TPSA) is 203 Å². The van der Waals surface area contributed by atoms with E-state index in [9.17, 15) is 44.7 Å². The number of carbonyl (C=O) groups excluding carboxylic acids is 3. The number of aromatic carboxylic acids is 1. The quantitative estimate of drug-likeness (QED) is 0.174. The summed E-state index contributed by atoms with van der Waals surface area (Å²) in [6.07, 6.45) is -0.812. The number of carboxylic acid groups (broad SMARTS) is 1. The fourth-order valence-electron chi connectivity index (χ4n) is 4.04. The lowest BCUT2D eigenvalue weighted by Crippen LogP contribution is -2.44. The lowest BCUT2D eigenvalue weighted by atomic mass is 9.95. The van der Waals surface area contributed by atoms with Crippen molar-refractivity contribution in [1.82, 2.24) is 10.6 Å². The average molecular weight is 522 g/mol. The van der Waals surface area contributed by atoms with Crippen LogP contribution in [0.15, 0.2) is 54.6 Å². The van der Waals surface area contributed by atoms with Gasteiger partial charge in [0, 0.05) is 18.7 Å². The van der Waals surface area contributed by atoms with E-state index in [1.54, 1.807) is 0 Å². The van der Waals surface area contributed by atoms with E-state index in [-0.39, 0.29) is 30.0 Å². The van der Waals surface area contributed by atoms with E-state index >= 15 is 0 Å². The Morgan fingerprint density at radius 3 is 2.11 bits per heavy atom. The molecule has 4 rings (SSSR count). The molecule has 1 unspecified atom stereocenters. The number of phenolic OH excluding ortho intramolecular Hbond substituents is 4. The lowest BCUT2D eigenvalue weighted by Gasteiger charge is -2.21. The summed E-state index contributed by atoms with van der Waals surface area (Å²) in [6, 6.07) is 10.0. The van der Waals surface area contributed by atoms with E-state index in [4.69, 9.17) is 4.74 Å². The van der Waals surface area contributed by atoms with Gasteiger partial charge in [0.05, 0.1) is 22.7 Å². The van der Waals surface area contributed by atoms with E-state index in [0.717, 1.165) is 24.3 Å². The highest BCUT2D eigenvalue weighted by molar-refractivity contribution is 6.18. The van der Waals surface area contributed by atoms with Crippen molar-refractivity contribution in [2.24, 2.45) is 0 Å². The molecule has 1 heterocycles. The highest BCUT2D eigenvalue weighted by Gasteiger charge is 2.33. The molecule has 3 aromatic rings. The monoisotopic (exact) mass is 522 g/mol. The SMILES string of the molecule is O=C(N[C@@H]1CNCC1OC(=O)c1cc(O)c(C(=O)c2c(O)cccc2C(=O)O)c(O)c1)c1ccc(O)cc1. The number of nitrogens with one attached hydrogen (secondary N) is 2. The van der Waals surface area contributed by atoms with Gasteiger partial charge >= 0.3 is 11.9 Å². The lowest BCUT2D eigenvalue weighted by molar-refractivity contribution is 0.0282. The maximum atomic E-state index is 13.0. The van der Waals surface area contributed by atoms with Crippen LogP contribution >= 0.6 is 0 Å². The highest BCUT2D eigenvalue weighted by atomic mass is 16.5. The first-order chi connectivity index (χ1) is 18.1. The van der Waals surface area contributed by atoms with Crippen LogP contribution in [0, 0.1) is 0 Å². The molecule has 3 aromatic carbocycles. The molecule has 1 saturated heterocycles. The van der Waals surface area contributed by atoms with Crippen LogP contribution in [0.25, 0.3) is 0 Å². The molecule has 12 heteroatoms. The smallest absolute Gasteiger partial charge is 0.338 e. The summed E-state index contributed by atoms with van der Waals surface area (Å²) in [6.45, 7) is 0.490. The zero-order chi connectivity index (χ0) is 27.6. The van der Waals surface area contributed by atoms with Crippen molar-refractivity contribution in [3.05, 3.63) is 82.4 Å². The second kappa shape index (κ2) is 10.5. The molecular weight excluding hydrogens is 500 g/mol. The van der Waals surface area contributed by atoms with Crippen molar-refractivity contribution in [3.63, 3.8) is 0 Å². The number of esters is 1. The van der Waals surface area contributed by atoms with Crippen molar-refractivity contribution in [2.45, 2.75) is 12.1 Å². The molecular formula is C26H22N2O10. The Bertz CT molecular complexity index is 1410. The van der Waals surface area contributed by atoms with Crippen molar-refractivity contribution < 1.29 is 49.4 Å². The number of phenols is 4. The largest absolute Gasteiger partial charge is 0.508 e. The number of ether oxygens (including phenoxy) is 1. The van der Waals surface area contributed by atoms with E-state index in [1.165, 1.54) is 30.3 Å². The van der Waals surface area contributed by atoms with Gasteiger partial charge in [-0.2, -0.15) is 0 Å². The fourth-order valence-corrected chi connectivity index (χ4v) is 4.04. The first-order valence-electron chi connectivity index (χ1n) is 11.2. The molecule has 2 atom stereocenters. The first-order valence-corrected chi connectivity index (χ1v) is 11.2. The van der Waals surface area contributed by atoms with Gasteiger partial charge in [-0.15, -0.1) is 0 Å². The molecule has 0 aromatic heterocycles. The maximum Gasteiger partial charge on any atom is 0.338 e. The minimum atomic E-state index is -1.51. The molecule has 1 aliphatic heterocycles. The van der Waals surface area contributed by atoms with Crippen molar-refractivity contribution in [2.75, 3.05) is 13.1 Å². The third kappa shape index (κ3) is 5.20. The Morgan fingerprint density at radius 1 is 0.816 bits per heavy atom. The summed E-state index contributed by atoms with van der Waals surface area (Å²) in [5.41, 5.74) is -1.95. The number of ketones is 1. The maximum absolute atomic E-state index is 13.0. The molecule has 1 fully saturated rings. The number of rotatable bonds is 7. The molecule has 196 valence electrons. The van der Waals surface area contributed by atoms with Gasteiger partial charge in [-0.3, -0.25) is 9.59 Å². The number of amides is 1. The van der Waals surface area contributed by atoms with Crippen molar-refractivity contribution in [3.8, 4) is 23.0 Å². The number of hydrogen-bond donors (Lipinski definition) is 7. The van der Waals surface area contributed by atoms with E-state index in [2.05, 4.69) is 10.6 Å². The molecule has 7 N–H and O–H groups in total. The summed E-state index contributed by atoms with van der Waals surface area (Å²) in [7, 11) is 0. The molecule has 0 aliphatic carbocycles. The molecule has 0 spiro atoms. The zero-order valence-corrected chi connectivity index (χ0v) is 19.5. The summed E-state index contributed by atoms with van der Waals surface area (Å²) in [4.78, 5) is 49.7. The third-order valence-electron chi connectivity index (χ3n) is 5.92. The molecule has 0 saturated carbocycles. The minimum absolute atomic E-state index is 0.00184. The highest BCUT2D eigenvalue weighted by Crippen LogP contribution is 2.35. The Hall–Kier alpha value is -5.10. The second-order valence-corrected chi connectivity index (χ2v) is 8.45. The van der Waals surface area contributed by atoms with Crippen LogP contribution in [0.3, 0.4) is 0 Å². The number of benzene rings is 3. The molecule has 0 bridgehead atoms. The summed E-state index contributed by atoms with van der Waals surface area (Å²) in [5.74, 6) is -6.48. The van der Waals surface area contributed by atoms with Crippen molar-refractivity contribution >= 4 is 23.6 Å². The van der Waals surface area contributed by atoms with Gasteiger partial charge in [0.15, 0.2) is 0 Å². The van der Waals surface area contributed by atoms with Crippen molar-refractivity contribution in [1.29, 1.82) is 0 Å². The number of carbonyl (C=O) groups is 4. The Morgan fingerprint density at radius 2 is 1.47 bits per heavy atom. The standard InChI is InChI=1S/C26H22N2O10/c29-14-6-4-12(5-7-14)24(34)28-16-10-27-11-20(16)38-26(37)13-8-18(31)22(19(32)9-13)23(33)21-15(25(35)36)2-1-3-17(21)30/h1-9,16,20,27,29-32H,10-11H2,(H,28,34)(H,35,36)/t16-,20?/m1/s1. The van der Waals surface area contributed by atoms with Crippen LogP contribution in [-0.4, -0.2) is 74.4 Å². The molecule has 12 nitrogen and oxygen atoms in total. The molecule has 1 amide bonds. The average Bonchev–Trinajstić information content (AvgIpc) is 3.29. The van der Waals surface area contributed by atoms with Gasteiger partial charge in [-0.05, 0) is 48.5 Å². The van der Waals surface area contributed by atoms with Gasteiger partial charge in [0.25, 0.3) is 5.91 Å². The summed E-state index contributed by atoms with van der Waals surface area (Å²) in [5, 5.41) is 55.4. The van der Waals surface area contributed by atoms with Crippen LogP contribution in [0.4, 0.5) is 0 Å². The van der Waals surface area contributed by atoms with Crippen LogP contribution in [0.1, 0.15) is 47.0 Å². The van der Waals surface area contributed by atoms with E-state index in [0.29, 0.717) is 0 Å². The Balaban J connectivity index is 1.52. The number of carboxylic acids is 1. The molecule has 1 aliphatic rings. The second-order valence-electron chi connectivity index (χ2n) is 8.45. The van der Waals surface area contributed by atoms with Gasteiger partial charge < -0.3 is 40.9 Å². The number of aromatic hydroxyl groups is 4. The van der Waals surface area contributed by atoms with Gasteiger partial charge in [0.1, 0.15) is 34.7 Å². The van der Waals surface area contributed by atoms with E-state index < -0.39 is 69.7 Å². The van der Waals surface area contributed by atoms with E-state index in [1.807, 2.05) is 0 Å². The molecule has 38 heavy (non-hydrogen) atoms. The van der Waals surface area contributed by atoms with Crippen LogP contribution in [0.5, 0.6) is 23.0 Å². The first kappa shape index (κ1) is 26.0.